The van der Waals surface area contributed by atoms with Crippen molar-refractivity contribution < 1.29 is 4.79 Å². The van der Waals surface area contributed by atoms with E-state index < -0.39 is 0 Å². The van der Waals surface area contributed by atoms with Crippen LogP contribution in [0.25, 0.3) is 0 Å². The molecule has 0 bridgehead atoms. The minimum atomic E-state index is 0.0408. The van der Waals surface area contributed by atoms with Gasteiger partial charge < -0.3 is 5.32 Å². The van der Waals surface area contributed by atoms with Crippen LogP contribution in [0.3, 0.4) is 0 Å². The summed E-state index contributed by atoms with van der Waals surface area (Å²) in [5, 5.41) is 2.97. The van der Waals surface area contributed by atoms with Gasteiger partial charge in [0.25, 0.3) is 0 Å². The second-order valence-electron chi connectivity index (χ2n) is 6.33. The summed E-state index contributed by atoms with van der Waals surface area (Å²) in [6.45, 7) is 2.09. The molecule has 0 saturated heterocycles. The number of hydrogen-bond donors (Lipinski definition) is 1. The molecule has 0 radical (unpaired) electrons. The maximum Gasteiger partial charge on any atom is 0.234 e. The zero-order valence-electron chi connectivity index (χ0n) is 15.4. The van der Waals surface area contributed by atoms with Gasteiger partial charge in [0.2, 0.25) is 5.91 Å². The molecular formula is C23H23NOS2. The van der Waals surface area contributed by atoms with Crippen LogP contribution in [0.5, 0.6) is 0 Å². The smallest absolute Gasteiger partial charge is 0.234 e. The van der Waals surface area contributed by atoms with Gasteiger partial charge in [-0.2, -0.15) is 0 Å². The third kappa shape index (κ3) is 6.81. The molecule has 0 aliphatic rings. The van der Waals surface area contributed by atoms with Crippen LogP contribution < -0.4 is 5.32 Å². The summed E-state index contributed by atoms with van der Waals surface area (Å²) in [6, 6.07) is 26.9. The maximum absolute atomic E-state index is 12.1. The number of nitrogens with one attached hydrogen (secondary N) is 1. The molecule has 0 unspecified atom stereocenters. The van der Waals surface area contributed by atoms with Gasteiger partial charge in [0.05, 0.1) is 5.75 Å². The first-order valence-electron chi connectivity index (χ1n) is 8.89. The normalized spacial score (nSPS) is 10.6. The van der Waals surface area contributed by atoms with Gasteiger partial charge in [-0.3, -0.25) is 4.79 Å². The molecule has 0 saturated carbocycles. The predicted molar refractivity (Wildman–Crippen MR) is 118 cm³/mol. The third-order valence-corrected chi connectivity index (χ3v) is 6.06. The van der Waals surface area contributed by atoms with Crippen molar-refractivity contribution in [2.45, 2.75) is 23.3 Å². The maximum atomic E-state index is 12.1. The molecule has 3 aromatic carbocycles. The van der Waals surface area contributed by atoms with Crippen LogP contribution >= 0.6 is 23.5 Å². The lowest BCUT2D eigenvalue weighted by Gasteiger charge is -2.07. The molecule has 27 heavy (non-hydrogen) atoms. The van der Waals surface area contributed by atoms with Crippen molar-refractivity contribution in [1.82, 2.24) is 0 Å². The Balaban J connectivity index is 1.41. The van der Waals surface area contributed by atoms with Crippen LogP contribution in [0.15, 0.2) is 83.8 Å². The van der Waals surface area contributed by atoms with E-state index in [-0.39, 0.29) is 5.91 Å². The molecule has 0 heterocycles. The number of amides is 1. The number of aryl methyl sites for hydroxylation is 1. The Hall–Kier alpha value is -2.17. The SMILES string of the molecule is Cc1cccc(CSCC(=O)Nc2ccc(CSc3ccccc3)cc2)c1. The predicted octanol–water partition coefficient (Wildman–Crippen LogP) is 6.16. The monoisotopic (exact) mass is 393 g/mol. The van der Waals surface area contributed by atoms with Crippen molar-refractivity contribution in [3.05, 3.63) is 95.6 Å². The first-order chi connectivity index (χ1) is 13.2. The van der Waals surface area contributed by atoms with E-state index in [4.69, 9.17) is 0 Å². The van der Waals surface area contributed by atoms with Crippen molar-refractivity contribution in [1.29, 1.82) is 0 Å². The Kier molecular flexibility index (Phi) is 7.43. The highest BCUT2D eigenvalue weighted by Crippen LogP contribution is 2.23. The molecule has 2 nitrogen and oxygen atoms in total. The van der Waals surface area contributed by atoms with Gasteiger partial charge in [0.15, 0.2) is 0 Å². The Bertz CT molecular complexity index is 863. The van der Waals surface area contributed by atoms with E-state index in [0.29, 0.717) is 5.75 Å². The number of hydrogen-bond acceptors (Lipinski definition) is 3. The molecule has 0 aliphatic heterocycles. The largest absolute Gasteiger partial charge is 0.325 e. The van der Waals surface area contributed by atoms with Crippen LogP contribution in [-0.4, -0.2) is 11.7 Å². The van der Waals surface area contributed by atoms with Crippen molar-refractivity contribution in [3.63, 3.8) is 0 Å². The number of thioether (sulfide) groups is 2. The van der Waals surface area contributed by atoms with Crippen molar-refractivity contribution >= 4 is 35.1 Å². The minimum Gasteiger partial charge on any atom is -0.325 e. The Morgan fingerprint density at radius 3 is 2.37 bits per heavy atom. The molecule has 1 amide bonds. The molecule has 3 rings (SSSR count). The van der Waals surface area contributed by atoms with Crippen LogP contribution in [-0.2, 0) is 16.3 Å². The lowest BCUT2D eigenvalue weighted by molar-refractivity contribution is -0.113. The molecule has 0 spiro atoms. The molecule has 0 fully saturated rings. The van der Waals surface area contributed by atoms with E-state index in [9.17, 15) is 4.79 Å². The molecular weight excluding hydrogens is 370 g/mol. The highest BCUT2D eigenvalue weighted by Gasteiger charge is 2.04. The van der Waals surface area contributed by atoms with Gasteiger partial charge in [-0.05, 0) is 42.3 Å². The number of anilines is 1. The number of benzene rings is 3. The fourth-order valence-electron chi connectivity index (χ4n) is 2.63. The van der Waals surface area contributed by atoms with Gasteiger partial charge in [0, 0.05) is 22.1 Å². The molecule has 0 aliphatic carbocycles. The van der Waals surface area contributed by atoms with E-state index >= 15 is 0 Å². The first-order valence-corrected chi connectivity index (χ1v) is 11.0. The fourth-order valence-corrected chi connectivity index (χ4v) is 4.28. The lowest BCUT2D eigenvalue weighted by Crippen LogP contribution is -2.14. The van der Waals surface area contributed by atoms with Crippen LogP contribution in [0.1, 0.15) is 16.7 Å². The second kappa shape index (κ2) is 10.2. The van der Waals surface area contributed by atoms with Crippen molar-refractivity contribution in [2.24, 2.45) is 0 Å². The summed E-state index contributed by atoms with van der Waals surface area (Å²) >= 11 is 3.45. The summed E-state index contributed by atoms with van der Waals surface area (Å²) in [4.78, 5) is 13.4. The van der Waals surface area contributed by atoms with Gasteiger partial charge in [-0.1, -0.05) is 60.2 Å². The van der Waals surface area contributed by atoms with E-state index in [2.05, 4.69) is 72.9 Å². The lowest BCUT2D eigenvalue weighted by atomic mass is 10.2. The fraction of sp³-hybridized carbons (Fsp3) is 0.174. The Morgan fingerprint density at radius 2 is 1.63 bits per heavy atom. The van der Waals surface area contributed by atoms with Gasteiger partial charge in [0.1, 0.15) is 0 Å². The van der Waals surface area contributed by atoms with Gasteiger partial charge in [-0.25, -0.2) is 0 Å². The van der Waals surface area contributed by atoms with Crippen molar-refractivity contribution in [3.8, 4) is 0 Å². The summed E-state index contributed by atoms with van der Waals surface area (Å²) in [5.74, 6) is 2.27. The van der Waals surface area contributed by atoms with Crippen LogP contribution in [0.4, 0.5) is 5.69 Å². The quantitative estimate of drug-likeness (QED) is 0.465. The molecule has 0 aromatic heterocycles. The van der Waals surface area contributed by atoms with Crippen LogP contribution in [0, 0.1) is 6.92 Å². The van der Waals surface area contributed by atoms with E-state index in [0.717, 1.165) is 17.2 Å². The number of carbonyl (C=O) groups is 1. The number of carbonyl (C=O) groups excluding carboxylic acids is 1. The van der Waals surface area contributed by atoms with E-state index in [1.807, 2.05) is 30.0 Å². The standard InChI is InChI=1S/C23H23NOS2/c1-18-6-5-7-20(14-18)15-26-17-23(25)24-21-12-10-19(11-13-21)16-27-22-8-3-2-4-9-22/h2-14H,15-17H2,1H3,(H,24,25). The third-order valence-electron chi connectivity index (χ3n) is 3.97. The zero-order chi connectivity index (χ0) is 18.9. The minimum absolute atomic E-state index is 0.0408. The highest BCUT2D eigenvalue weighted by atomic mass is 32.2. The summed E-state index contributed by atoms with van der Waals surface area (Å²) in [5.41, 5.74) is 4.61. The average Bonchev–Trinajstić information content (AvgIpc) is 2.68. The summed E-state index contributed by atoms with van der Waals surface area (Å²) in [7, 11) is 0. The van der Waals surface area contributed by atoms with Gasteiger partial charge in [-0.15, -0.1) is 23.5 Å². The highest BCUT2D eigenvalue weighted by molar-refractivity contribution is 7.99. The topological polar surface area (TPSA) is 29.1 Å². The molecule has 3 aromatic rings. The molecule has 1 N–H and O–H groups in total. The van der Waals surface area contributed by atoms with E-state index in [1.54, 1.807) is 11.8 Å². The van der Waals surface area contributed by atoms with E-state index in [1.165, 1.54) is 21.6 Å². The van der Waals surface area contributed by atoms with Crippen LogP contribution in [0.2, 0.25) is 0 Å². The Morgan fingerprint density at radius 1 is 0.852 bits per heavy atom. The molecule has 0 atom stereocenters. The molecule has 138 valence electrons. The van der Waals surface area contributed by atoms with Crippen molar-refractivity contribution in [2.75, 3.05) is 11.1 Å². The van der Waals surface area contributed by atoms with Gasteiger partial charge >= 0.3 is 0 Å². The zero-order valence-corrected chi connectivity index (χ0v) is 17.0. The average molecular weight is 394 g/mol. The summed E-state index contributed by atoms with van der Waals surface area (Å²) in [6.07, 6.45) is 0. The second-order valence-corrected chi connectivity index (χ2v) is 8.36. The number of rotatable bonds is 8. The first kappa shape index (κ1) is 19.6. The Labute approximate surface area is 169 Å². The summed E-state index contributed by atoms with van der Waals surface area (Å²) < 4.78 is 0. The molecule has 4 heteroatoms.